The van der Waals surface area contributed by atoms with E-state index in [1.807, 2.05) is 0 Å². The molecule has 1 aromatic carbocycles. The van der Waals surface area contributed by atoms with Gasteiger partial charge in [-0.1, -0.05) is 23.2 Å². The lowest BCUT2D eigenvalue weighted by atomic mass is 10.1. The first-order chi connectivity index (χ1) is 11.3. The van der Waals surface area contributed by atoms with Gasteiger partial charge in [0.15, 0.2) is 5.76 Å². The monoisotopic (exact) mass is 373 g/mol. The summed E-state index contributed by atoms with van der Waals surface area (Å²) in [6.45, 7) is 2.88. The van der Waals surface area contributed by atoms with Crippen molar-refractivity contribution in [3.8, 4) is 22.8 Å². The van der Waals surface area contributed by atoms with E-state index >= 15 is 0 Å². The quantitative estimate of drug-likeness (QED) is 0.768. The van der Waals surface area contributed by atoms with Gasteiger partial charge >= 0.3 is 12.1 Å². The topological polar surface area (TPSA) is 98.0 Å². The van der Waals surface area contributed by atoms with Crippen molar-refractivity contribution in [2.75, 3.05) is 11.9 Å². The van der Waals surface area contributed by atoms with Gasteiger partial charge in [-0.2, -0.15) is 0 Å². The molecule has 0 bridgehead atoms. The molecule has 7 nitrogen and oxygen atoms in total. The Labute approximate surface area is 147 Å². The summed E-state index contributed by atoms with van der Waals surface area (Å²) in [5.41, 5.74) is 0.329. The second-order valence-corrected chi connectivity index (χ2v) is 5.41. The molecule has 0 fully saturated rings. The van der Waals surface area contributed by atoms with E-state index in [-0.39, 0.29) is 24.0 Å². The van der Waals surface area contributed by atoms with Gasteiger partial charge < -0.3 is 19.0 Å². The average molecular weight is 374 g/mol. The number of anilines is 1. The Morgan fingerprint density at radius 1 is 1.25 bits per heavy atom. The van der Waals surface area contributed by atoms with Gasteiger partial charge in [-0.05, 0) is 25.1 Å². The van der Waals surface area contributed by atoms with E-state index in [9.17, 15) is 14.7 Å². The second-order valence-electron chi connectivity index (χ2n) is 4.54. The van der Waals surface area contributed by atoms with Gasteiger partial charge in [0.2, 0.25) is 11.5 Å². The maximum absolute atomic E-state index is 11.6. The Morgan fingerprint density at radius 3 is 2.42 bits per heavy atom. The number of carbonyl (C=O) groups excluding carboxylic acids is 2. The van der Waals surface area contributed by atoms with Crippen LogP contribution in [0.3, 0.4) is 0 Å². The molecule has 0 saturated heterocycles. The number of halogens is 2. The van der Waals surface area contributed by atoms with Crippen molar-refractivity contribution in [2.45, 2.75) is 13.8 Å². The van der Waals surface area contributed by atoms with E-state index in [1.165, 1.54) is 18.2 Å². The summed E-state index contributed by atoms with van der Waals surface area (Å²) in [5.74, 6) is -1.92. The van der Waals surface area contributed by atoms with E-state index in [0.717, 1.165) is 6.92 Å². The molecule has 1 amide bonds. The highest BCUT2D eigenvalue weighted by Gasteiger charge is 2.26. The molecular formula is C15H13Cl2NO6. The Morgan fingerprint density at radius 2 is 1.88 bits per heavy atom. The number of amides is 1. The van der Waals surface area contributed by atoms with Crippen LogP contribution in [0.25, 0.3) is 11.3 Å². The zero-order chi connectivity index (χ0) is 17.9. The number of carbonyl (C=O) groups is 2. The lowest BCUT2D eigenvalue weighted by molar-refractivity contribution is -0.132. The number of hydrogen-bond donors (Lipinski definition) is 2. The van der Waals surface area contributed by atoms with Crippen molar-refractivity contribution in [3.63, 3.8) is 0 Å². The fourth-order valence-corrected chi connectivity index (χ4v) is 2.39. The highest BCUT2D eigenvalue weighted by molar-refractivity contribution is 6.35. The summed E-state index contributed by atoms with van der Waals surface area (Å²) < 4.78 is 15.0. The average Bonchev–Trinajstić information content (AvgIpc) is 2.75. The first-order valence-corrected chi connectivity index (χ1v) is 7.51. The van der Waals surface area contributed by atoms with Gasteiger partial charge in [0, 0.05) is 22.5 Å². The normalized spacial score (nSPS) is 10.3. The van der Waals surface area contributed by atoms with Crippen molar-refractivity contribution < 1.29 is 28.6 Å². The summed E-state index contributed by atoms with van der Waals surface area (Å²) in [6.07, 6.45) is -0.838. The number of hydrogen-bond acceptors (Lipinski definition) is 6. The lowest BCUT2D eigenvalue weighted by Gasteiger charge is -2.04. The predicted octanol–water partition coefficient (Wildman–Crippen LogP) is 4.45. The Hall–Kier alpha value is -2.38. The standard InChI is InChI=1S/C15H13Cl2NO6/c1-3-22-15(21)18-14-13(23-7(2)19)11(20)12(24-14)8-4-9(16)6-10(17)5-8/h4-6,20H,3H2,1-2H3,(H,18,21). The summed E-state index contributed by atoms with van der Waals surface area (Å²) in [5, 5.41) is 13.1. The van der Waals surface area contributed by atoms with E-state index in [2.05, 4.69) is 5.32 Å². The number of rotatable bonds is 4. The highest BCUT2D eigenvalue weighted by atomic mass is 35.5. The summed E-state index contributed by atoms with van der Waals surface area (Å²) in [4.78, 5) is 22.8. The molecule has 1 aromatic heterocycles. The number of benzene rings is 1. The van der Waals surface area contributed by atoms with Crippen LogP contribution in [-0.2, 0) is 9.53 Å². The van der Waals surface area contributed by atoms with Gasteiger partial charge in [-0.3, -0.25) is 10.1 Å². The van der Waals surface area contributed by atoms with Crippen LogP contribution in [0.2, 0.25) is 10.0 Å². The number of ether oxygens (including phenoxy) is 2. The molecule has 2 N–H and O–H groups in total. The van der Waals surface area contributed by atoms with Gasteiger partial charge in [-0.15, -0.1) is 0 Å². The molecule has 0 radical (unpaired) electrons. The summed E-state index contributed by atoms with van der Waals surface area (Å²) in [7, 11) is 0. The molecule has 0 saturated carbocycles. The van der Waals surface area contributed by atoms with Crippen LogP contribution in [-0.4, -0.2) is 23.8 Å². The molecule has 128 valence electrons. The largest absolute Gasteiger partial charge is 0.502 e. The van der Waals surface area contributed by atoms with Crippen LogP contribution < -0.4 is 10.1 Å². The molecule has 0 unspecified atom stereocenters. The minimum Gasteiger partial charge on any atom is -0.502 e. The minimum absolute atomic E-state index is 0.0811. The molecule has 0 aliphatic rings. The molecule has 0 aliphatic carbocycles. The van der Waals surface area contributed by atoms with Crippen molar-refractivity contribution in [1.82, 2.24) is 0 Å². The van der Waals surface area contributed by atoms with Crippen molar-refractivity contribution in [1.29, 1.82) is 0 Å². The van der Waals surface area contributed by atoms with Crippen molar-refractivity contribution >= 4 is 41.1 Å². The smallest absolute Gasteiger partial charge is 0.414 e. The van der Waals surface area contributed by atoms with E-state index in [4.69, 9.17) is 37.1 Å². The number of aromatic hydroxyl groups is 1. The molecule has 9 heteroatoms. The first kappa shape index (κ1) is 18.0. The Balaban J connectivity index is 2.50. The molecule has 24 heavy (non-hydrogen) atoms. The molecule has 2 rings (SSSR count). The molecule has 0 aliphatic heterocycles. The van der Waals surface area contributed by atoms with Gasteiger partial charge in [0.1, 0.15) is 0 Å². The van der Waals surface area contributed by atoms with Crippen LogP contribution in [0.15, 0.2) is 22.6 Å². The fraction of sp³-hybridized carbons (Fsp3) is 0.200. The van der Waals surface area contributed by atoms with Crippen molar-refractivity contribution in [3.05, 3.63) is 28.2 Å². The third-order valence-electron chi connectivity index (χ3n) is 2.70. The van der Waals surface area contributed by atoms with Crippen LogP contribution in [0.5, 0.6) is 11.5 Å². The van der Waals surface area contributed by atoms with Crippen LogP contribution >= 0.6 is 23.2 Å². The summed E-state index contributed by atoms with van der Waals surface area (Å²) >= 11 is 11.9. The molecule has 1 heterocycles. The second kappa shape index (κ2) is 7.46. The van der Waals surface area contributed by atoms with Crippen LogP contribution in [0.4, 0.5) is 10.7 Å². The first-order valence-electron chi connectivity index (χ1n) is 6.76. The maximum Gasteiger partial charge on any atom is 0.414 e. The zero-order valence-electron chi connectivity index (χ0n) is 12.7. The third-order valence-corrected chi connectivity index (χ3v) is 3.14. The number of furan rings is 1. The fourth-order valence-electron chi connectivity index (χ4n) is 1.87. The van der Waals surface area contributed by atoms with Gasteiger partial charge in [0.05, 0.1) is 6.61 Å². The Kier molecular flexibility index (Phi) is 5.58. The third kappa shape index (κ3) is 4.12. The molecule has 0 spiro atoms. The number of esters is 1. The van der Waals surface area contributed by atoms with E-state index < -0.39 is 17.8 Å². The highest BCUT2D eigenvalue weighted by Crippen LogP contribution is 2.47. The van der Waals surface area contributed by atoms with E-state index in [1.54, 1.807) is 6.92 Å². The minimum atomic E-state index is -0.838. The molecule has 0 atom stereocenters. The zero-order valence-corrected chi connectivity index (χ0v) is 14.2. The van der Waals surface area contributed by atoms with Crippen LogP contribution in [0.1, 0.15) is 13.8 Å². The number of nitrogens with one attached hydrogen (secondary N) is 1. The van der Waals surface area contributed by atoms with Gasteiger partial charge in [-0.25, -0.2) is 4.79 Å². The maximum atomic E-state index is 11.6. The van der Waals surface area contributed by atoms with Gasteiger partial charge in [0.25, 0.3) is 5.88 Å². The van der Waals surface area contributed by atoms with E-state index in [0.29, 0.717) is 15.6 Å². The lowest BCUT2D eigenvalue weighted by Crippen LogP contribution is -2.14. The van der Waals surface area contributed by atoms with Crippen molar-refractivity contribution in [2.24, 2.45) is 0 Å². The summed E-state index contributed by atoms with van der Waals surface area (Å²) in [6, 6.07) is 4.46. The Bertz CT molecular complexity index is 766. The molecular weight excluding hydrogens is 361 g/mol. The SMILES string of the molecule is CCOC(=O)Nc1oc(-c2cc(Cl)cc(Cl)c2)c(O)c1OC(C)=O. The molecule has 2 aromatic rings. The van der Waals surface area contributed by atoms with Crippen LogP contribution in [0, 0.1) is 0 Å². The predicted molar refractivity (Wildman–Crippen MR) is 87.8 cm³/mol.